The van der Waals surface area contributed by atoms with Crippen LogP contribution in [0.1, 0.15) is 78.1 Å². The summed E-state index contributed by atoms with van der Waals surface area (Å²) in [4.78, 5) is 25.2. The van der Waals surface area contributed by atoms with Gasteiger partial charge in [-0.3, -0.25) is 9.59 Å². The van der Waals surface area contributed by atoms with Crippen LogP contribution >= 0.6 is 0 Å². The molecule has 2 amide bonds. The highest BCUT2D eigenvalue weighted by Gasteiger charge is 2.13. The van der Waals surface area contributed by atoms with Gasteiger partial charge in [0.25, 0.3) is 0 Å². The van der Waals surface area contributed by atoms with Crippen molar-refractivity contribution in [2.45, 2.75) is 78.1 Å². The Bertz CT molecular complexity index is 280. The van der Waals surface area contributed by atoms with Crippen LogP contribution in [0.25, 0.3) is 0 Å². The van der Waals surface area contributed by atoms with E-state index in [9.17, 15) is 9.59 Å². The molecular formula is C17H34N2O2. The molecule has 4 heteroatoms. The fourth-order valence-corrected chi connectivity index (χ4v) is 2.19. The lowest BCUT2D eigenvalue weighted by Gasteiger charge is -2.16. The SMILES string of the molecule is CCCCCCCN(C)C(=O)CC(=O)NCCCCCC. The van der Waals surface area contributed by atoms with E-state index in [1.54, 1.807) is 11.9 Å². The number of carbonyl (C=O) groups excluding carboxylic acids is 2. The number of nitrogens with zero attached hydrogens (tertiary/aromatic N) is 1. The number of nitrogens with one attached hydrogen (secondary N) is 1. The number of hydrogen-bond donors (Lipinski definition) is 1. The first-order valence-corrected chi connectivity index (χ1v) is 8.62. The Morgan fingerprint density at radius 3 is 2.05 bits per heavy atom. The van der Waals surface area contributed by atoms with Crippen molar-refractivity contribution in [2.75, 3.05) is 20.1 Å². The van der Waals surface area contributed by atoms with Gasteiger partial charge in [0.2, 0.25) is 11.8 Å². The molecule has 21 heavy (non-hydrogen) atoms. The molecule has 1 N–H and O–H groups in total. The Labute approximate surface area is 130 Å². The quantitative estimate of drug-likeness (QED) is 0.418. The largest absolute Gasteiger partial charge is 0.356 e. The maximum atomic E-state index is 11.9. The zero-order valence-corrected chi connectivity index (χ0v) is 14.2. The first-order chi connectivity index (χ1) is 10.1. The lowest BCUT2D eigenvalue weighted by atomic mass is 10.1. The molecule has 0 saturated heterocycles. The van der Waals surface area contributed by atoms with E-state index in [0.717, 1.165) is 32.2 Å². The number of hydrogen-bond acceptors (Lipinski definition) is 2. The summed E-state index contributed by atoms with van der Waals surface area (Å²) in [5.41, 5.74) is 0. The molecule has 0 rings (SSSR count). The second-order valence-electron chi connectivity index (χ2n) is 5.82. The summed E-state index contributed by atoms with van der Waals surface area (Å²) in [5.74, 6) is -0.217. The van der Waals surface area contributed by atoms with Crippen LogP contribution in [0.5, 0.6) is 0 Å². The first kappa shape index (κ1) is 19.9. The monoisotopic (exact) mass is 298 g/mol. The molecule has 0 aromatic heterocycles. The summed E-state index contributed by atoms with van der Waals surface area (Å²) in [7, 11) is 1.79. The molecular weight excluding hydrogens is 264 g/mol. The standard InChI is InChI=1S/C17H34N2O2/c1-4-6-8-10-12-14-19(3)17(21)15-16(20)18-13-11-9-7-5-2/h4-15H2,1-3H3,(H,18,20). The number of carbonyl (C=O) groups is 2. The fraction of sp³-hybridized carbons (Fsp3) is 0.882. The van der Waals surface area contributed by atoms with Crippen LogP contribution in [0.2, 0.25) is 0 Å². The highest BCUT2D eigenvalue weighted by atomic mass is 16.2. The van der Waals surface area contributed by atoms with Gasteiger partial charge in [0.1, 0.15) is 6.42 Å². The van der Waals surface area contributed by atoms with Gasteiger partial charge >= 0.3 is 0 Å². The molecule has 0 heterocycles. The number of amides is 2. The minimum atomic E-state index is -0.144. The van der Waals surface area contributed by atoms with Gasteiger partial charge in [-0.15, -0.1) is 0 Å². The predicted molar refractivity (Wildman–Crippen MR) is 88.2 cm³/mol. The van der Waals surface area contributed by atoms with Crippen LogP contribution in [0.15, 0.2) is 0 Å². The average molecular weight is 298 g/mol. The number of unbranched alkanes of at least 4 members (excludes halogenated alkanes) is 7. The van der Waals surface area contributed by atoms with E-state index < -0.39 is 0 Å². The van der Waals surface area contributed by atoms with Crippen molar-refractivity contribution in [2.24, 2.45) is 0 Å². The molecule has 0 unspecified atom stereocenters. The average Bonchev–Trinajstić information content (AvgIpc) is 2.46. The third kappa shape index (κ3) is 12.4. The number of rotatable bonds is 13. The molecule has 4 nitrogen and oxygen atoms in total. The van der Waals surface area contributed by atoms with Crippen molar-refractivity contribution in [3.8, 4) is 0 Å². The molecule has 0 aliphatic heterocycles. The lowest BCUT2D eigenvalue weighted by Crippen LogP contribution is -2.34. The Morgan fingerprint density at radius 1 is 0.857 bits per heavy atom. The van der Waals surface area contributed by atoms with Crippen LogP contribution in [0.3, 0.4) is 0 Å². The first-order valence-electron chi connectivity index (χ1n) is 8.62. The summed E-state index contributed by atoms with van der Waals surface area (Å²) in [6.45, 7) is 5.80. The van der Waals surface area contributed by atoms with Gasteiger partial charge in [-0.1, -0.05) is 58.8 Å². The molecule has 0 aromatic rings. The zero-order chi connectivity index (χ0) is 15.9. The normalized spacial score (nSPS) is 10.4. The summed E-state index contributed by atoms with van der Waals surface area (Å²) in [5, 5.41) is 2.82. The van der Waals surface area contributed by atoms with Crippen LogP contribution in [0, 0.1) is 0 Å². The van der Waals surface area contributed by atoms with Gasteiger partial charge in [0.05, 0.1) is 0 Å². The van der Waals surface area contributed by atoms with Crippen LogP contribution in [-0.2, 0) is 9.59 Å². The molecule has 124 valence electrons. The second-order valence-corrected chi connectivity index (χ2v) is 5.82. The van der Waals surface area contributed by atoms with Gasteiger partial charge in [0.15, 0.2) is 0 Å². The Hall–Kier alpha value is -1.06. The summed E-state index contributed by atoms with van der Waals surface area (Å²) in [6.07, 6.45) is 10.4. The van der Waals surface area contributed by atoms with E-state index in [2.05, 4.69) is 19.2 Å². The van der Waals surface area contributed by atoms with Crippen LogP contribution < -0.4 is 5.32 Å². The van der Waals surface area contributed by atoms with Gasteiger partial charge in [-0.25, -0.2) is 0 Å². The molecule has 0 bridgehead atoms. The smallest absolute Gasteiger partial charge is 0.231 e. The highest BCUT2D eigenvalue weighted by Crippen LogP contribution is 2.04. The second kappa shape index (κ2) is 13.9. The maximum Gasteiger partial charge on any atom is 0.231 e. The summed E-state index contributed by atoms with van der Waals surface area (Å²) >= 11 is 0. The minimum Gasteiger partial charge on any atom is -0.356 e. The topological polar surface area (TPSA) is 49.4 Å². The third-order valence-corrected chi connectivity index (χ3v) is 3.69. The van der Waals surface area contributed by atoms with Crippen molar-refractivity contribution in [1.82, 2.24) is 10.2 Å². The molecule has 0 fully saturated rings. The molecule has 0 saturated carbocycles. The van der Waals surface area contributed by atoms with E-state index in [4.69, 9.17) is 0 Å². The minimum absolute atomic E-state index is 0.0146. The summed E-state index contributed by atoms with van der Waals surface area (Å²) < 4.78 is 0. The van der Waals surface area contributed by atoms with Crippen molar-refractivity contribution >= 4 is 11.8 Å². The van der Waals surface area contributed by atoms with Crippen molar-refractivity contribution in [3.63, 3.8) is 0 Å². The predicted octanol–water partition coefficient (Wildman–Crippen LogP) is 3.50. The van der Waals surface area contributed by atoms with E-state index in [1.807, 2.05) is 0 Å². The van der Waals surface area contributed by atoms with Crippen LogP contribution in [-0.4, -0.2) is 36.9 Å². The van der Waals surface area contributed by atoms with Gasteiger partial charge in [0, 0.05) is 20.1 Å². The van der Waals surface area contributed by atoms with E-state index >= 15 is 0 Å². The molecule has 0 radical (unpaired) electrons. The van der Waals surface area contributed by atoms with E-state index in [0.29, 0.717) is 6.54 Å². The van der Waals surface area contributed by atoms with Crippen molar-refractivity contribution in [1.29, 1.82) is 0 Å². The molecule has 0 aliphatic carbocycles. The molecule has 0 aliphatic rings. The molecule has 0 spiro atoms. The van der Waals surface area contributed by atoms with Crippen molar-refractivity contribution in [3.05, 3.63) is 0 Å². The van der Waals surface area contributed by atoms with Crippen molar-refractivity contribution < 1.29 is 9.59 Å². The van der Waals surface area contributed by atoms with Crippen LogP contribution in [0.4, 0.5) is 0 Å². The van der Waals surface area contributed by atoms with Gasteiger partial charge in [-0.05, 0) is 12.8 Å². The van der Waals surface area contributed by atoms with Gasteiger partial charge in [-0.2, -0.15) is 0 Å². The van der Waals surface area contributed by atoms with Gasteiger partial charge < -0.3 is 10.2 Å². The Morgan fingerprint density at radius 2 is 1.43 bits per heavy atom. The molecule has 0 atom stereocenters. The summed E-state index contributed by atoms with van der Waals surface area (Å²) in [6, 6.07) is 0. The van der Waals surface area contributed by atoms with E-state index in [-0.39, 0.29) is 18.2 Å². The highest BCUT2D eigenvalue weighted by molar-refractivity contribution is 5.96. The zero-order valence-electron chi connectivity index (χ0n) is 14.2. The third-order valence-electron chi connectivity index (χ3n) is 3.69. The fourth-order valence-electron chi connectivity index (χ4n) is 2.19. The maximum absolute atomic E-state index is 11.9. The Kier molecular flexibility index (Phi) is 13.2. The molecule has 0 aromatic carbocycles. The lowest BCUT2D eigenvalue weighted by molar-refractivity contribution is -0.135. The Balaban J connectivity index is 3.62. The van der Waals surface area contributed by atoms with E-state index in [1.165, 1.54) is 32.1 Å².